The summed E-state index contributed by atoms with van der Waals surface area (Å²) in [5.41, 5.74) is 1.23. The molecule has 1 saturated heterocycles. The second-order valence-corrected chi connectivity index (χ2v) is 10.7. The fourth-order valence-corrected chi connectivity index (χ4v) is 5.91. The van der Waals surface area contributed by atoms with Gasteiger partial charge >= 0.3 is 0 Å². The molecule has 2 heterocycles. The van der Waals surface area contributed by atoms with Gasteiger partial charge in [0.1, 0.15) is 0 Å². The highest BCUT2D eigenvalue weighted by Crippen LogP contribution is 2.24. The van der Waals surface area contributed by atoms with Crippen LogP contribution in [0.4, 0.5) is 0 Å². The van der Waals surface area contributed by atoms with Gasteiger partial charge in [-0.15, -0.1) is 0 Å². The van der Waals surface area contributed by atoms with E-state index in [1.807, 2.05) is 0 Å². The Bertz CT molecular complexity index is 1350. The highest BCUT2D eigenvalue weighted by Gasteiger charge is 2.22. The van der Waals surface area contributed by atoms with Gasteiger partial charge in [0, 0.05) is 28.8 Å². The topological polar surface area (TPSA) is 90.3 Å². The number of aromatic nitrogens is 2. The summed E-state index contributed by atoms with van der Waals surface area (Å²) in [4.78, 5) is 43.9. The number of halogens is 1. The monoisotopic (exact) mass is 525 g/mol. The highest BCUT2D eigenvalue weighted by atomic mass is 35.5. The predicted molar refractivity (Wildman–Crippen MR) is 141 cm³/mol. The van der Waals surface area contributed by atoms with Crippen molar-refractivity contribution in [3.05, 3.63) is 69.0 Å². The predicted octanol–water partition coefficient (Wildman–Crippen LogP) is 4.88. The highest BCUT2D eigenvalue weighted by molar-refractivity contribution is 7.99. The van der Waals surface area contributed by atoms with E-state index >= 15 is 0 Å². The van der Waals surface area contributed by atoms with Crippen LogP contribution < -0.4 is 10.9 Å². The first-order valence-electron chi connectivity index (χ1n) is 12.4. The summed E-state index contributed by atoms with van der Waals surface area (Å²) in [7, 11) is 0. The minimum absolute atomic E-state index is 0.0682. The lowest BCUT2D eigenvalue weighted by molar-refractivity contribution is 0.0935. The molecule has 1 aliphatic carbocycles. The normalized spacial score (nSPS) is 18.1. The number of fused-ring (bicyclic) bond motifs is 1. The summed E-state index contributed by atoms with van der Waals surface area (Å²) in [5, 5.41) is 4.46. The molecule has 2 aliphatic rings. The van der Waals surface area contributed by atoms with E-state index < -0.39 is 0 Å². The van der Waals surface area contributed by atoms with Crippen LogP contribution in [0, 0.1) is 0 Å². The van der Waals surface area contributed by atoms with Crippen LogP contribution in [-0.4, -0.2) is 45.7 Å². The van der Waals surface area contributed by atoms with Gasteiger partial charge in [0.25, 0.3) is 11.5 Å². The number of carbonyl (C=O) groups is 2. The number of ketones is 1. The molecule has 2 aromatic carbocycles. The van der Waals surface area contributed by atoms with Crippen molar-refractivity contribution in [1.29, 1.82) is 0 Å². The van der Waals surface area contributed by atoms with E-state index in [0.29, 0.717) is 45.4 Å². The molecule has 1 N–H and O–H groups in total. The van der Waals surface area contributed by atoms with Gasteiger partial charge in [-0.05, 0) is 56.0 Å². The summed E-state index contributed by atoms with van der Waals surface area (Å²) < 4.78 is 7.37. The van der Waals surface area contributed by atoms with Crippen molar-refractivity contribution in [3.8, 4) is 0 Å². The molecule has 0 spiro atoms. The molecule has 1 atom stereocenters. The van der Waals surface area contributed by atoms with Crippen LogP contribution in [0.3, 0.4) is 0 Å². The number of benzene rings is 2. The number of hydrogen-bond donors (Lipinski definition) is 1. The first kappa shape index (κ1) is 25.0. The Labute approximate surface area is 218 Å². The number of ether oxygens (including phenoxy) is 1. The first-order chi connectivity index (χ1) is 17.5. The van der Waals surface area contributed by atoms with E-state index in [1.165, 1.54) is 11.8 Å². The average molecular weight is 526 g/mol. The van der Waals surface area contributed by atoms with Crippen molar-refractivity contribution in [3.63, 3.8) is 0 Å². The molecular weight excluding hydrogens is 498 g/mol. The molecule has 0 bridgehead atoms. The summed E-state index contributed by atoms with van der Waals surface area (Å²) in [5.74, 6) is -0.157. The minimum atomic E-state index is -0.198. The third-order valence-corrected chi connectivity index (χ3v) is 7.97. The van der Waals surface area contributed by atoms with Crippen molar-refractivity contribution in [1.82, 2.24) is 14.9 Å². The largest absolute Gasteiger partial charge is 0.376 e. The molecule has 0 radical (unpaired) electrons. The van der Waals surface area contributed by atoms with E-state index in [4.69, 9.17) is 21.3 Å². The Kier molecular flexibility index (Phi) is 7.74. The number of amides is 1. The molecule has 7 nitrogen and oxygen atoms in total. The summed E-state index contributed by atoms with van der Waals surface area (Å²) in [6.45, 7) is 1.05. The Hall–Kier alpha value is -2.68. The summed E-state index contributed by atoms with van der Waals surface area (Å²) in [6.07, 6.45) is 6.00. The fourth-order valence-electron chi connectivity index (χ4n) is 4.82. The molecular formula is C27H28ClN3O4S. The van der Waals surface area contributed by atoms with Crippen LogP contribution in [0.15, 0.2) is 52.4 Å². The molecule has 2 fully saturated rings. The third kappa shape index (κ3) is 5.66. The minimum Gasteiger partial charge on any atom is -0.376 e. The summed E-state index contributed by atoms with van der Waals surface area (Å²) >= 11 is 7.25. The maximum absolute atomic E-state index is 13.5. The lowest BCUT2D eigenvalue weighted by Gasteiger charge is -2.17. The van der Waals surface area contributed by atoms with E-state index in [2.05, 4.69) is 5.32 Å². The van der Waals surface area contributed by atoms with E-state index in [9.17, 15) is 14.4 Å². The number of Topliss-reactive ketones (excluding diaryl/α,β-unsaturated/α-hetero) is 1. The zero-order valence-corrected chi connectivity index (χ0v) is 21.4. The zero-order valence-electron chi connectivity index (χ0n) is 19.9. The first-order valence-corrected chi connectivity index (χ1v) is 13.7. The van der Waals surface area contributed by atoms with Crippen molar-refractivity contribution in [2.75, 3.05) is 12.4 Å². The molecule has 188 valence electrons. The maximum Gasteiger partial charge on any atom is 0.262 e. The third-order valence-electron chi connectivity index (χ3n) is 6.76. The van der Waals surface area contributed by atoms with Gasteiger partial charge in [0.05, 0.1) is 29.3 Å². The molecule has 36 heavy (non-hydrogen) atoms. The lowest BCUT2D eigenvalue weighted by Crippen LogP contribution is -2.32. The molecule has 5 rings (SSSR count). The molecule has 3 aromatic rings. The maximum atomic E-state index is 13.5. The van der Waals surface area contributed by atoms with Gasteiger partial charge in [-0.2, -0.15) is 0 Å². The number of nitrogens with zero attached hydrogens (tertiary/aromatic N) is 2. The second-order valence-electron chi connectivity index (χ2n) is 9.35. The number of nitrogens with one attached hydrogen (secondary N) is 1. The molecule has 1 aliphatic heterocycles. The standard InChI is InChI=1S/C27H28ClN3O4S/c28-19-6-3-5-17(13-19)24(32)16-36-27-30-23-14-18(25(33)29-20-7-1-2-8-20)10-11-22(23)26(34)31(27)15-21-9-4-12-35-21/h3,5-6,10-11,13-14,20-21H,1-2,4,7-9,12,15-16H2,(H,29,33)/t21-/m0/s1. The van der Waals surface area contributed by atoms with Gasteiger partial charge in [-0.3, -0.25) is 19.0 Å². The number of thioether (sulfide) groups is 1. The molecule has 9 heteroatoms. The van der Waals surface area contributed by atoms with Crippen LogP contribution >= 0.6 is 23.4 Å². The van der Waals surface area contributed by atoms with Crippen LogP contribution in [-0.2, 0) is 11.3 Å². The Balaban J connectivity index is 1.45. The summed E-state index contributed by atoms with van der Waals surface area (Å²) in [6, 6.07) is 12.0. The van der Waals surface area contributed by atoms with Gasteiger partial charge in [0.15, 0.2) is 10.9 Å². The van der Waals surface area contributed by atoms with Crippen molar-refractivity contribution in [2.24, 2.45) is 0 Å². The molecule has 1 aromatic heterocycles. The van der Waals surface area contributed by atoms with E-state index in [0.717, 1.165) is 38.5 Å². The molecule has 0 unspecified atom stereocenters. The zero-order chi connectivity index (χ0) is 25.1. The Morgan fingerprint density at radius 1 is 1.08 bits per heavy atom. The van der Waals surface area contributed by atoms with Crippen molar-refractivity contribution >= 4 is 46.0 Å². The Morgan fingerprint density at radius 3 is 2.67 bits per heavy atom. The second kappa shape index (κ2) is 11.2. The fraction of sp³-hybridized carbons (Fsp3) is 0.407. The average Bonchev–Trinajstić information content (AvgIpc) is 3.58. The number of carbonyl (C=O) groups excluding carboxylic acids is 2. The van der Waals surface area contributed by atoms with Gasteiger partial charge in [-0.1, -0.05) is 48.3 Å². The SMILES string of the molecule is O=C(CSc1nc2cc(C(=O)NC3CCCC3)ccc2c(=O)n1C[C@@H]1CCCO1)c1cccc(Cl)c1. The Morgan fingerprint density at radius 2 is 1.92 bits per heavy atom. The van der Waals surface area contributed by atoms with Crippen molar-refractivity contribution in [2.45, 2.75) is 62.4 Å². The van der Waals surface area contributed by atoms with Gasteiger partial charge in [-0.25, -0.2) is 4.98 Å². The van der Waals surface area contributed by atoms with Gasteiger partial charge in [0.2, 0.25) is 0 Å². The van der Waals surface area contributed by atoms with Crippen LogP contribution in [0.2, 0.25) is 5.02 Å². The number of hydrogen-bond acceptors (Lipinski definition) is 6. The number of rotatable bonds is 8. The lowest BCUT2D eigenvalue weighted by atomic mass is 10.1. The van der Waals surface area contributed by atoms with E-state index in [1.54, 1.807) is 47.0 Å². The van der Waals surface area contributed by atoms with E-state index in [-0.39, 0.29) is 35.1 Å². The van der Waals surface area contributed by atoms with Crippen LogP contribution in [0.5, 0.6) is 0 Å². The molecule has 1 saturated carbocycles. The van der Waals surface area contributed by atoms with Crippen LogP contribution in [0.25, 0.3) is 10.9 Å². The van der Waals surface area contributed by atoms with Gasteiger partial charge < -0.3 is 10.1 Å². The molecule has 1 amide bonds. The van der Waals surface area contributed by atoms with Crippen LogP contribution in [0.1, 0.15) is 59.2 Å². The quantitative estimate of drug-likeness (QED) is 0.256. The van der Waals surface area contributed by atoms with Crippen molar-refractivity contribution < 1.29 is 14.3 Å². The smallest absolute Gasteiger partial charge is 0.262 e.